The number of nitrogen functional groups attached to an aromatic ring is 1. The minimum absolute atomic E-state index is 0.0107. The third-order valence-corrected chi connectivity index (χ3v) is 4.86. The van der Waals surface area contributed by atoms with E-state index in [1.807, 2.05) is 0 Å². The number of rotatable bonds is 3. The van der Waals surface area contributed by atoms with Gasteiger partial charge in [-0.3, -0.25) is 0 Å². The Balaban J connectivity index is 1.79. The molecule has 1 unspecified atom stereocenters. The Kier molecular flexibility index (Phi) is 3.94. The summed E-state index contributed by atoms with van der Waals surface area (Å²) >= 11 is 0. The number of urea groups is 1. The summed E-state index contributed by atoms with van der Waals surface area (Å²) in [5.41, 5.74) is 6.78. The van der Waals surface area contributed by atoms with Crippen molar-refractivity contribution in [1.82, 2.24) is 5.32 Å². The van der Waals surface area contributed by atoms with Crippen molar-refractivity contribution in [2.45, 2.75) is 6.42 Å². The van der Waals surface area contributed by atoms with E-state index >= 15 is 0 Å². The fourth-order valence-corrected chi connectivity index (χ4v) is 3.92. The van der Waals surface area contributed by atoms with E-state index in [1.54, 1.807) is 24.3 Å². The molecule has 1 aliphatic rings. The van der Waals surface area contributed by atoms with Crippen LogP contribution < -0.4 is 16.4 Å². The van der Waals surface area contributed by atoms with Crippen LogP contribution >= 0.6 is 0 Å². The van der Waals surface area contributed by atoms with Crippen LogP contribution in [-0.4, -0.2) is 32.5 Å². The molecule has 2 amide bonds. The van der Waals surface area contributed by atoms with Gasteiger partial charge in [0.05, 0.1) is 11.5 Å². The number of anilines is 2. The van der Waals surface area contributed by atoms with Crippen LogP contribution in [0.25, 0.3) is 0 Å². The molecule has 1 saturated heterocycles. The normalized spacial score (nSPS) is 20.9. The molecule has 1 aromatic rings. The van der Waals surface area contributed by atoms with Gasteiger partial charge in [0, 0.05) is 17.9 Å². The zero-order valence-corrected chi connectivity index (χ0v) is 11.2. The molecule has 7 heteroatoms. The first-order chi connectivity index (χ1) is 8.94. The summed E-state index contributed by atoms with van der Waals surface area (Å²) in [7, 11) is -2.90. The van der Waals surface area contributed by atoms with Crippen molar-refractivity contribution >= 4 is 27.2 Å². The van der Waals surface area contributed by atoms with Gasteiger partial charge < -0.3 is 16.4 Å². The molecule has 104 valence electrons. The summed E-state index contributed by atoms with van der Waals surface area (Å²) in [4.78, 5) is 11.6. The average molecular weight is 283 g/mol. The molecule has 4 N–H and O–H groups in total. The highest BCUT2D eigenvalue weighted by Gasteiger charge is 2.27. The Hall–Kier alpha value is -1.76. The smallest absolute Gasteiger partial charge is 0.319 e. The van der Waals surface area contributed by atoms with Crippen molar-refractivity contribution in [2.75, 3.05) is 29.1 Å². The number of carbonyl (C=O) groups excluding carboxylic acids is 1. The first kappa shape index (κ1) is 13.7. The zero-order valence-electron chi connectivity index (χ0n) is 10.4. The molecule has 0 aliphatic carbocycles. The second-order valence-corrected chi connectivity index (χ2v) is 6.96. The number of sulfone groups is 1. The Morgan fingerprint density at radius 1 is 1.42 bits per heavy atom. The topological polar surface area (TPSA) is 101 Å². The maximum Gasteiger partial charge on any atom is 0.319 e. The molecular formula is C12H17N3O3S. The van der Waals surface area contributed by atoms with E-state index in [9.17, 15) is 13.2 Å². The maximum atomic E-state index is 11.6. The van der Waals surface area contributed by atoms with Crippen LogP contribution in [0.2, 0.25) is 0 Å². The van der Waals surface area contributed by atoms with E-state index in [0.717, 1.165) is 0 Å². The van der Waals surface area contributed by atoms with Crippen LogP contribution in [0.15, 0.2) is 24.3 Å². The van der Waals surface area contributed by atoms with E-state index in [0.29, 0.717) is 24.3 Å². The van der Waals surface area contributed by atoms with Gasteiger partial charge in [-0.05, 0) is 30.5 Å². The summed E-state index contributed by atoms with van der Waals surface area (Å²) in [5, 5.41) is 5.32. The van der Waals surface area contributed by atoms with Crippen LogP contribution in [0.4, 0.5) is 16.2 Å². The predicted molar refractivity (Wildman–Crippen MR) is 74.6 cm³/mol. The molecule has 0 radical (unpaired) electrons. The third kappa shape index (κ3) is 4.13. The van der Waals surface area contributed by atoms with E-state index in [-0.39, 0.29) is 23.5 Å². The van der Waals surface area contributed by atoms with E-state index < -0.39 is 9.84 Å². The summed E-state index contributed by atoms with van der Waals surface area (Å²) in [6.45, 7) is 0.368. The van der Waals surface area contributed by atoms with E-state index in [4.69, 9.17) is 5.73 Å². The zero-order chi connectivity index (χ0) is 13.9. The van der Waals surface area contributed by atoms with Crippen molar-refractivity contribution in [3.8, 4) is 0 Å². The minimum Gasteiger partial charge on any atom is -0.399 e. The number of benzene rings is 1. The van der Waals surface area contributed by atoms with Crippen LogP contribution in [0.3, 0.4) is 0 Å². The number of hydrogen-bond acceptors (Lipinski definition) is 4. The van der Waals surface area contributed by atoms with Crippen molar-refractivity contribution in [3.63, 3.8) is 0 Å². The van der Waals surface area contributed by atoms with Crippen molar-refractivity contribution in [2.24, 2.45) is 5.92 Å². The lowest BCUT2D eigenvalue weighted by molar-refractivity contribution is 0.250. The Bertz CT molecular complexity index is 571. The molecule has 0 saturated carbocycles. The molecule has 19 heavy (non-hydrogen) atoms. The van der Waals surface area contributed by atoms with Crippen LogP contribution in [0.1, 0.15) is 6.42 Å². The molecule has 1 atom stereocenters. The molecule has 1 fully saturated rings. The minimum atomic E-state index is -2.90. The van der Waals surface area contributed by atoms with Crippen LogP contribution in [0, 0.1) is 5.92 Å². The molecule has 0 aromatic heterocycles. The first-order valence-electron chi connectivity index (χ1n) is 6.05. The van der Waals surface area contributed by atoms with Crippen molar-refractivity contribution in [3.05, 3.63) is 24.3 Å². The highest BCUT2D eigenvalue weighted by atomic mass is 32.2. The standard InChI is InChI=1S/C12H17N3O3S/c13-10-2-1-3-11(6-10)15-12(16)14-7-9-4-5-19(17,18)8-9/h1-3,6,9H,4-5,7-8,13H2,(H2,14,15,16). The fourth-order valence-electron chi connectivity index (χ4n) is 2.06. The number of hydrogen-bond donors (Lipinski definition) is 3. The summed E-state index contributed by atoms with van der Waals surface area (Å²) in [6, 6.07) is 6.51. The Morgan fingerprint density at radius 2 is 2.21 bits per heavy atom. The summed E-state index contributed by atoms with van der Waals surface area (Å²) < 4.78 is 22.5. The number of nitrogens with one attached hydrogen (secondary N) is 2. The predicted octanol–water partition coefficient (Wildman–Crippen LogP) is 0.825. The second kappa shape index (κ2) is 5.48. The van der Waals surface area contributed by atoms with E-state index in [1.165, 1.54) is 0 Å². The van der Waals surface area contributed by atoms with Crippen LogP contribution in [0.5, 0.6) is 0 Å². The highest BCUT2D eigenvalue weighted by molar-refractivity contribution is 7.91. The molecule has 1 heterocycles. The van der Waals surface area contributed by atoms with Crippen LogP contribution in [-0.2, 0) is 9.84 Å². The van der Waals surface area contributed by atoms with Gasteiger partial charge in [-0.25, -0.2) is 13.2 Å². The van der Waals surface area contributed by atoms with Gasteiger partial charge in [0.2, 0.25) is 0 Å². The molecule has 1 aliphatic heterocycles. The molecular weight excluding hydrogens is 266 g/mol. The van der Waals surface area contributed by atoms with Gasteiger partial charge in [0.15, 0.2) is 9.84 Å². The lowest BCUT2D eigenvalue weighted by atomic mass is 10.1. The monoisotopic (exact) mass is 283 g/mol. The quantitative estimate of drug-likeness (QED) is 0.715. The van der Waals surface area contributed by atoms with E-state index in [2.05, 4.69) is 10.6 Å². The van der Waals surface area contributed by atoms with Crippen molar-refractivity contribution in [1.29, 1.82) is 0 Å². The Labute approximate surface area is 112 Å². The number of nitrogens with two attached hydrogens (primary N) is 1. The number of carbonyl (C=O) groups is 1. The molecule has 1 aromatic carbocycles. The number of amides is 2. The van der Waals surface area contributed by atoms with Crippen molar-refractivity contribution < 1.29 is 13.2 Å². The van der Waals surface area contributed by atoms with Gasteiger partial charge in [-0.1, -0.05) is 6.07 Å². The molecule has 2 rings (SSSR count). The third-order valence-electron chi connectivity index (χ3n) is 3.02. The van der Waals surface area contributed by atoms with Gasteiger partial charge in [-0.2, -0.15) is 0 Å². The molecule has 0 spiro atoms. The van der Waals surface area contributed by atoms with Gasteiger partial charge in [0.1, 0.15) is 0 Å². The SMILES string of the molecule is Nc1cccc(NC(=O)NCC2CCS(=O)(=O)C2)c1. The highest BCUT2D eigenvalue weighted by Crippen LogP contribution is 2.17. The molecule has 6 nitrogen and oxygen atoms in total. The van der Waals surface area contributed by atoms with Gasteiger partial charge >= 0.3 is 6.03 Å². The maximum absolute atomic E-state index is 11.6. The Morgan fingerprint density at radius 3 is 2.84 bits per heavy atom. The van der Waals surface area contributed by atoms with Gasteiger partial charge in [-0.15, -0.1) is 0 Å². The molecule has 0 bridgehead atoms. The van der Waals surface area contributed by atoms with Gasteiger partial charge in [0.25, 0.3) is 0 Å². The largest absolute Gasteiger partial charge is 0.399 e. The average Bonchev–Trinajstić information content (AvgIpc) is 2.66. The lowest BCUT2D eigenvalue weighted by Gasteiger charge is -2.11. The lowest BCUT2D eigenvalue weighted by Crippen LogP contribution is -2.33. The second-order valence-electron chi connectivity index (χ2n) is 4.73. The fraction of sp³-hybridized carbons (Fsp3) is 0.417. The summed E-state index contributed by atoms with van der Waals surface area (Å²) in [6.07, 6.45) is 0.612. The first-order valence-corrected chi connectivity index (χ1v) is 7.87. The summed E-state index contributed by atoms with van der Waals surface area (Å²) in [5.74, 6) is 0.387.